The molecule has 0 amide bonds. The van der Waals surface area contributed by atoms with Crippen molar-refractivity contribution in [1.82, 2.24) is 4.90 Å². The van der Waals surface area contributed by atoms with Crippen molar-refractivity contribution in [3.63, 3.8) is 0 Å². The molecule has 0 aliphatic carbocycles. The number of hydrogen-bond donors (Lipinski definition) is 0. The van der Waals surface area contributed by atoms with Gasteiger partial charge in [0.15, 0.2) is 0 Å². The molecule has 2 rings (SSSR count). The molecule has 1 aromatic carbocycles. The number of anilines is 1. The molecule has 1 heterocycles. The molecule has 1 fully saturated rings. The predicted molar refractivity (Wildman–Crippen MR) is 84.0 cm³/mol. The fourth-order valence-corrected chi connectivity index (χ4v) is 2.48. The Kier molecular flexibility index (Phi) is 5.91. The Balaban J connectivity index is 1.68. The highest BCUT2D eigenvalue weighted by atomic mass is 16.5. The topological polar surface area (TPSA) is 15.7 Å². The van der Waals surface area contributed by atoms with Crippen LogP contribution in [-0.4, -0.2) is 50.3 Å². The van der Waals surface area contributed by atoms with Gasteiger partial charge in [-0.25, -0.2) is 0 Å². The van der Waals surface area contributed by atoms with Crippen molar-refractivity contribution in [2.75, 3.05) is 44.2 Å². The SMILES string of the molecule is C#CC(CC)OCCN1CCN(c2ccccc2)CC1. The van der Waals surface area contributed by atoms with Crippen LogP contribution in [0.15, 0.2) is 30.3 Å². The summed E-state index contributed by atoms with van der Waals surface area (Å²) in [4.78, 5) is 4.89. The molecule has 3 nitrogen and oxygen atoms in total. The van der Waals surface area contributed by atoms with Gasteiger partial charge in [-0.05, 0) is 18.6 Å². The molecule has 0 aromatic heterocycles. The summed E-state index contributed by atoms with van der Waals surface area (Å²) in [5.74, 6) is 2.67. The first-order valence-electron chi connectivity index (χ1n) is 7.43. The molecule has 1 atom stereocenters. The van der Waals surface area contributed by atoms with E-state index in [1.165, 1.54) is 5.69 Å². The average molecular weight is 272 g/mol. The highest BCUT2D eigenvalue weighted by Crippen LogP contribution is 2.15. The Hall–Kier alpha value is -1.50. The largest absolute Gasteiger partial charge is 0.369 e. The molecule has 0 spiro atoms. The fraction of sp³-hybridized carbons (Fsp3) is 0.529. The Morgan fingerprint density at radius 2 is 1.90 bits per heavy atom. The van der Waals surface area contributed by atoms with Crippen molar-refractivity contribution in [2.24, 2.45) is 0 Å². The van der Waals surface area contributed by atoms with Gasteiger partial charge in [0.2, 0.25) is 0 Å². The molecule has 1 aliphatic rings. The number of para-hydroxylation sites is 1. The number of benzene rings is 1. The lowest BCUT2D eigenvalue weighted by Crippen LogP contribution is -2.47. The van der Waals surface area contributed by atoms with Gasteiger partial charge in [-0.1, -0.05) is 31.0 Å². The van der Waals surface area contributed by atoms with E-state index in [1.807, 2.05) is 0 Å². The van der Waals surface area contributed by atoms with E-state index in [0.29, 0.717) is 0 Å². The normalized spacial score (nSPS) is 17.7. The third-order valence-corrected chi connectivity index (χ3v) is 3.78. The van der Waals surface area contributed by atoms with Crippen molar-refractivity contribution >= 4 is 5.69 Å². The van der Waals surface area contributed by atoms with E-state index in [0.717, 1.165) is 45.8 Å². The first-order chi connectivity index (χ1) is 9.83. The lowest BCUT2D eigenvalue weighted by atomic mass is 10.2. The first-order valence-corrected chi connectivity index (χ1v) is 7.43. The molecule has 0 N–H and O–H groups in total. The summed E-state index contributed by atoms with van der Waals surface area (Å²) in [6.07, 6.45) is 6.25. The van der Waals surface area contributed by atoms with Crippen molar-refractivity contribution in [3.05, 3.63) is 30.3 Å². The minimum absolute atomic E-state index is 0.0272. The zero-order valence-corrected chi connectivity index (χ0v) is 12.3. The Bertz CT molecular complexity index is 418. The highest BCUT2D eigenvalue weighted by molar-refractivity contribution is 5.46. The van der Waals surface area contributed by atoms with Crippen LogP contribution in [0.2, 0.25) is 0 Å². The molecule has 20 heavy (non-hydrogen) atoms. The molecule has 0 saturated carbocycles. The lowest BCUT2D eigenvalue weighted by Gasteiger charge is -2.36. The lowest BCUT2D eigenvalue weighted by molar-refractivity contribution is 0.0664. The predicted octanol–water partition coefficient (Wildman–Crippen LogP) is 2.24. The summed E-state index contributed by atoms with van der Waals surface area (Å²) in [7, 11) is 0. The van der Waals surface area contributed by atoms with Crippen LogP contribution in [0.3, 0.4) is 0 Å². The van der Waals surface area contributed by atoms with Gasteiger partial charge in [0, 0.05) is 38.4 Å². The molecule has 1 saturated heterocycles. The number of nitrogens with zero attached hydrogens (tertiary/aromatic N) is 2. The van der Waals surface area contributed by atoms with Crippen LogP contribution in [0.5, 0.6) is 0 Å². The van der Waals surface area contributed by atoms with Crippen LogP contribution in [0, 0.1) is 12.3 Å². The fourth-order valence-electron chi connectivity index (χ4n) is 2.48. The number of piperazine rings is 1. The minimum Gasteiger partial charge on any atom is -0.369 e. The summed E-state index contributed by atoms with van der Waals surface area (Å²) in [5, 5.41) is 0. The third-order valence-electron chi connectivity index (χ3n) is 3.78. The second-order valence-electron chi connectivity index (χ2n) is 5.10. The van der Waals surface area contributed by atoms with Crippen LogP contribution in [0.1, 0.15) is 13.3 Å². The van der Waals surface area contributed by atoms with Gasteiger partial charge in [-0.2, -0.15) is 0 Å². The summed E-state index contributed by atoms with van der Waals surface area (Å²) >= 11 is 0. The quantitative estimate of drug-likeness (QED) is 0.739. The number of rotatable bonds is 6. The minimum atomic E-state index is -0.0272. The summed E-state index contributed by atoms with van der Waals surface area (Å²) in [6, 6.07) is 10.6. The van der Waals surface area contributed by atoms with E-state index < -0.39 is 0 Å². The van der Waals surface area contributed by atoms with Crippen LogP contribution in [-0.2, 0) is 4.74 Å². The second kappa shape index (κ2) is 7.94. The molecule has 0 bridgehead atoms. The van der Waals surface area contributed by atoms with Crippen LogP contribution in [0.4, 0.5) is 5.69 Å². The molecule has 1 unspecified atom stereocenters. The molecule has 0 radical (unpaired) electrons. The maximum absolute atomic E-state index is 5.66. The van der Waals surface area contributed by atoms with Gasteiger partial charge in [0.25, 0.3) is 0 Å². The van der Waals surface area contributed by atoms with E-state index in [1.54, 1.807) is 0 Å². The van der Waals surface area contributed by atoms with Crippen LogP contribution < -0.4 is 4.90 Å². The van der Waals surface area contributed by atoms with Gasteiger partial charge in [-0.3, -0.25) is 4.90 Å². The van der Waals surface area contributed by atoms with Crippen molar-refractivity contribution in [3.8, 4) is 12.3 Å². The Morgan fingerprint density at radius 3 is 2.50 bits per heavy atom. The number of terminal acetylenes is 1. The number of hydrogen-bond acceptors (Lipinski definition) is 3. The van der Waals surface area contributed by atoms with Gasteiger partial charge in [-0.15, -0.1) is 6.42 Å². The monoisotopic (exact) mass is 272 g/mol. The van der Waals surface area contributed by atoms with Gasteiger partial charge < -0.3 is 9.64 Å². The van der Waals surface area contributed by atoms with E-state index in [9.17, 15) is 0 Å². The summed E-state index contributed by atoms with van der Waals surface area (Å²) < 4.78 is 5.66. The van der Waals surface area contributed by atoms with Crippen LogP contribution >= 0.6 is 0 Å². The summed E-state index contributed by atoms with van der Waals surface area (Å²) in [5.41, 5.74) is 1.32. The molecule has 3 heteroatoms. The molecule has 108 valence electrons. The zero-order valence-electron chi connectivity index (χ0n) is 12.3. The average Bonchev–Trinajstić information content (AvgIpc) is 2.53. The molecular formula is C17H24N2O. The van der Waals surface area contributed by atoms with E-state index in [4.69, 9.17) is 11.2 Å². The van der Waals surface area contributed by atoms with Crippen LogP contribution in [0.25, 0.3) is 0 Å². The van der Waals surface area contributed by atoms with E-state index in [2.05, 4.69) is 53.0 Å². The maximum atomic E-state index is 5.66. The van der Waals surface area contributed by atoms with E-state index >= 15 is 0 Å². The van der Waals surface area contributed by atoms with Crippen molar-refractivity contribution in [1.29, 1.82) is 0 Å². The zero-order chi connectivity index (χ0) is 14.2. The smallest absolute Gasteiger partial charge is 0.117 e. The summed E-state index contributed by atoms with van der Waals surface area (Å²) in [6.45, 7) is 8.10. The maximum Gasteiger partial charge on any atom is 0.117 e. The number of ether oxygens (including phenoxy) is 1. The van der Waals surface area contributed by atoms with Crippen molar-refractivity contribution in [2.45, 2.75) is 19.4 Å². The molecule has 1 aliphatic heterocycles. The van der Waals surface area contributed by atoms with Gasteiger partial charge >= 0.3 is 0 Å². The van der Waals surface area contributed by atoms with Gasteiger partial charge in [0.1, 0.15) is 6.10 Å². The standard InChI is InChI=1S/C17H24N2O/c1-3-17(4-2)20-15-14-18-10-12-19(13-11-18)16-8-6-5-7-9-16/h1,5-9,17H,4,10-15H2,2H3. The van der Waals surface area contributed by atoms with Crippen molar-refractivity contribution < 1.29 is 4.74 Å². The Morgan fingerprint density at radius 1 is 1.20 bits per heavy atom. The first kappa shape index (κ1) is 14.9. The molecule has 1 aromatic rings. The third kappa shape index (κ3) is 4.26. The second-order valence-corrected chi connectivity index (χ2v) is 5.10. The molecular weight excluding hydrogens is 248 g/mol. The highest BCUT2D eigenvalue weighted by Gasteiger charge is 2.16. The Labute approximate surface area is 122 Å². The van der Waals surface area contributed by atoms with Gasteiger partial charge in [0.05, 0.1) is 6.61 Å². The van der Waals surface area contributed by atoms with E-state index in [-0.39, 0.29) is 6.10 Å².